The molecule has 1 aromatic heterocycles. The standard InChI is InChI=1S/C15H23N5O4/c21-11-3-1-10(2-4-11)17-14(22)13-12(9-16-19-13)18-15(23)20-5-7-24-8-6-20/h9-11,21H,1-8H2,(H,16,19)(H,17,22)(H,18,23). The summed E-state index contributed by atoms with van der Waals surface area (Å²) in [4.78, 5) is 26.3. The largest absolute Gasteiger partial charge is 0.393 e. The normalized spacial score (nSPS) is 24.5. The second-order valence-corrected chi connectivity index (χ2v) is 6.16. The number of carbonyl (C=O) groups is 2. The summed E-state index contributed by atoms with van der Waals surface area (Å²) in [5, 5.41) is 21.7. The summed E-state index contributed by atoms with van der Waals surface area (Å²) in [7, 11) is 0. The lowest BCUT2D eigenvalue weighted by atomic mass is 9.93. The SMILES string of the molecule is O=C(NC1CCC(O)CC1)c1n[nH]cc1NC(=O)N1CCOCC1. The summed E-state index contributed by atoms with van der Waals surface area (Å²) in [6.07, 6.45) is 4.09. The molecule has 1 aromatic rings. The molecule has 0 atom stereocenters. The number of aliphatic hydroxyl groups excluding tert-OH is 1. The number of nitrogens with one attached hydrogen (secondary N) is 3. The van der Waals surface area contributed by atoms with Crippen LogP contribution in [-0.2, 0) is 4.74 Å². The number of anilines is 1. The first-order chi connectivity index (χ1) is 11.6. The Kier molecular flexibility index (Phi) is 5.31. The average Bonchev–Trinajstić information content (AvgIpc) is 3.06. The Balaban J connectivity index is 1.57. The molecule has 0 radical (unpaired) electrons. The number of nitrogens with zero attached hydrogens (tertiary/aromatic N) is 2. The number of amides is 3. The van der Waals surface area contributed by atoms with Crippen LogP contribution >= 0.6 is 0 Å². The monoisotopic (exact) mass is 337 g/mol. The van der Waals surface area contributed by atoms with Crippen LogP contribution in [0.25, 0.3) is 0 Å². The van der Waals surface area contributed by atoms with Gasteiger partial charge in [-0.15, -0.1) is 0 Å². The third-order valence-electron chi connectivity index (χ3n) is 4.43. The van der Waals surface area contributed by atoms with Crippen LogP contribution in [0.3, 0.4) is 0 Å². The number of ether oxygens (including phenoxy) is 1. The Bertz CT molecular complexity index is 576. The molecule has 2 aliphatic rings. The lowest BCUT2D eigenvalue weighted by Gasteiger charge is -2.27. The van der Waals surface area contributed by atoms with Crippen LogP contribution in [0.2, 0.25) is 0 Å². The van der Waals surface area contributed by atoms with Crippen molar-refractivity contribution in [2.45, 2.75) is 37.8 Å². The Morgan fingerprint density at radius 2 is 1.96 bits per heavy atom. The lowest BCUT2D eigenvalue weighted by Crippen LogP contribution is -2.43. The highest BCUT2D eigenvalue weighted by atomic mass is 16.5. The molecular formula is C15H23N5O4. The van der Waals surface area contributed by atoms with Crippen LogP contribution in [0, 0.1) is 0 Å². The first-order valence-corrected chi connectivity index (χ1v) is 8.30. The number of morpholine rings is 1. The summed E-state index contributed by atoms with van der Waals surface area (Å²) in [6, 6.07) is -0.241. The Morgan fingerprint density at radius 1 is 1.25 bits per heavy atom. The minimum absolute atomic E-state index is 0.0281. The molecule has 9 nitrogen and oxygen atoms in total. The average molecular weight is 337 g/mol. The predicted octanol–water partition coefficient (Wildman–Crippen LogP) is 0.307. The number of carbonyl (C=O) groups excluding carboxylic acids is 2. The van der Waals surface area contributed by atoms with Crippen LogP contribution in [0.15, 0.2) is 6.20 Å². The molecule has 132 valence electrons. The smallest absolute Gasteiger partial charge is 0.322 e. The van der Waals surface area contributed by atoms with Crippen LogP contribution in [0.5, 0.6) is 0 Å². The highest BCUT2D eigenvalue weighted by Crippen LogP contribution is 2.20. The van der Waals surface area contributed by atoms with Crippen molar-refractivity contribution < 1.29 is 19.4 Å². The molecule has 3 rings (SSSR count). The zero-order chi connectivity index (χ0) is 16.9. The number of rotatable bonds is 3. The summed E-state index contributed by atoms with van der Waals surface area (Å²) < 4.78 is 5.22. The first-order valence-electron chi connectivity index (χ1n) is 8.30. The van der Waals surface area contributed by atoms with Gasteiger partial charge in [0.25, 0.3) is 5.91 Å². The quantitative estimate of drug-likeness (QED) is 0.633. The number of aliphatic hydroxyl groups is 1. The van der Waals surface area contributed by atoms with Crippen LogP contribution in [-0.4, -0.2) is 70.6 Å². The summed E-state index contributed by atoms with van der Waals surface area (Å²) in [5.74, 6) is -0.324. The second kappa shape index (κ2) is 7.63. The number of hydrogen-bond donors (Lipinski definition) is 4. The van der Waals surface area contributed by atoms with Crippen molar-refractivity contribution in [3.05, 3.63) is 11.9 Å². The molecule has 24 heavy (non-hydrogen) atoms. The highest BCUT2D eigenvalue weighted by molar-refractivity contribution is 6.01. The van der Waals surface area contributed by atoms with Crippen molar-refractivity contribution >= 4 is 17.6 Å². The molecule has 2 fully saturated rings. The van der Waals surface area contributed by atoms with Gasteiger partial charge in [0, 0.05) is 25.3 Å². The molecule has 2 heterocycles. The minimum atomic E-state index is -0.324. The molecule has 0 spiro atoms. The molecule has 0 bridgehead atoms. The number of aromatic nitrogens is 2. The molecule has 1 saturated heterocycles. The van der Waals surface area contributed by atoms with E-state index in [2.05, 4.69) is 20.8 Å². The van der Waals surface area contributed by atoms with Gasteiger partial charge in [-0.05, 0) is 25.7 Å². The van der Waals surface area contributed by atoms with Gasteiger partial charge in [-0.25, -0.2) is 4.79 Å². The van der Waals surface area contributed by atoms with Gasteiger partial charge in [-0.3, -0.25) is 9.89 Å². The van der Waals surface area contributed by atoms with Crippen molar-refractivity contribution in [1.82, 2.24) is 20.4 Å². The van der Waals surface area contributed by atoms with Gasteiger partial charge in [0.15, 0.2) is 5.69 Å². The van der Waals surface area contributed by atoms with E-state index in [1.54, 1.807) is 4.90 Å². The van der Waals surface area contributed by atoms with Crippen molar-refractivity contribution in [2.24, 2.45) is 0 Å². The molecule has 9 heteroatoms. The third kappa shape index (κ3) is 4.04. The highest BCUT2D eigenvalue weighted by Gasteiger charge is 2.25. The van der Waals surface area contributed by atoms with Crippen LogP contribution in [0.4, 0.5) is 10.5 Å². The molecule has 3 amide bonds. The van der Waals surface area contributed by atoms with Crippen molar-refractivity contribution in [3.8, 4) is 0 Å². The zero-order valence-corrected chi connectivity index (χ0v) is 13.5. The van der Waals surface area contributed by atoms with Gasteiger partial charge in [0.05, 0.1) is 25.0 Å². The van der Waals surface area contributed by atoms with Gasteiger partial charge >= 0.3 is 6.03 Å². The van der Waals surface area contributed by atoms with E-state index in [0.29, 0.717) is 44.8 Å². The van der Waals surface area contributed by atoms with E-state index in [4.69, 9.17) is 4.74 Å². The number of aromatic amines is 1. The van der Waals surface area contributed by atoms with Crippen molar-refractivity contribution in [1.29, 1.82) is 0 Å². The zero-order valence-electron chi connectivity index (χ0n) is 13.5. The van der Waals surface area contributed by atoms with E-state index in [1.807, 2.05) is 0 Å². The number of urea groups is 1. The van der Waals surface area contributed by atoms with E-state index in [0.717, 1.165) is 12.8 Å². The maximum absolute atomic E-state index is 12.4. The van der Waals surface area contributed by atoms with E-state index >= 15 is 0 Å². The maximum Gasteiger partial charge on any atom is 0.322 e. The minimum Gasteiger partial charge on any atom is -0.393 e. The van der Waals surface area contributed by atoms with Gasteiger partial charge in [-0.2, -0.15) is 5.10 Å². The van der Waals surface area contributed by atoms with Crippen molar-refractivity contribution in [3.63, 3.8) is 0 Å². The van der Waals surface area contributed by atoms with Gasteiger partial charge in [0.1, 0.15) is 0 Å². The maximum atomic E-state index is 12.4. The summed E-state index contributed by atoms with van der Waals surface area (Å²) in [6.45, 7) is 2.07. The Morgan fingerprint density at radius 3 is 2.67 bits per heavy atom. The number of H-pyrrole nitrogens is 1. The summed E-state index contributed by atoms with van der Waals surface area (Å²) >= 11 is 0. The predicted molar refractivity (Wildman–Crippen MR) is 85.7 cm³/mol. The van der Waals surface area contributed by atoms with E-state index < -0.39 is 0 Å². The van der Waals surface area contributed by atoms with Gasteiger partial charge < -0.3 is 25.4 Å². The van der Waals surface area contributed by atoms with E-state index in [9.17, 15) is 14.7 Å². The van der Waals surface area contributed by atoms with Gasteiger partial charge in [0.2, 0.25) is 0 Å². The Labute approximate surface area is 139 Å². The molecule has 1 aliphatic heterocycles. The molecular weight excluding hydrogens is 314 g/mol. The molecule has 0 unspecified atom stereocenters. The fourth-order valence-corrected chi connectivity index (χ4v) is 2.99. The Hall–Kier alpha value is -2.13. The molecule has 1 saturated carbocycles. The first kappa shape index (κ1) is 16.7. The lowest BCUT2D eigenvalue weighted by molar-refractivity contribution is 0.0564. The molecule has 1 aliphatic carbocycles. The van der Waals surface area contributed by atoms with Gasteiger partial charge in [-0.1, -0.05) is 0 Å². The fraction of sp³-hybridized carbons (Fsp3) is 0.667. The topological polar surface area (TPSA) is 120 Å². The van der Waals surface area contributed by atoms with Crippen LogP contribution in [0.1, 0.15) is 36.2 Å². The summed E-state index contributed by atoms with van der Waals surface area (Å²) in [5.41, 5.74) is 0.530. The van der Waals surface area contributed by atoms with Crippen LogP contribution < -0.4 is 10.6 Å². The number of hydrogen-bond acceptors (Lipinski definition) is 5. The third-order valence-corrected chi connectivity index (χ3v) is 4.43. The van der Waals surface area contributed by atoms with E-state index in [-0.39, 0.29) is 29.8 Å². The molecule has 4 N–H and O–H groups in total. The van der Waals surface area contributed by atoms with Crippen molar-refractivity contribution in [2.75, 3.05) is 31.6 Å². The second-order valence-electron chi connectivity index (χ2n) is 6.16. The van der Waals surface area contributed by atoms with E-state index in [1.165, 1.54) is 6.20 Å². The molecule has 0 aromatic carbocycles. The fourth-order valence-electron chi connectivity index (χ4n) is 2.99.